The summed E-state index contributed by atoms with van der Waals surface area (Å²) in [5, 5.41) is 3.56. The number of halogens is 2. The Morgan fingerprint density at radius 3 is 2.58 bits per heavy atom. The lowest BCUT2D eigenvalue weighted by Crippen LogP contribution is -2.31. The number of amides is 1. The van der Waals surface area contributed by atoms with Gasteiger partial charge in [-0.25, -0.2) is 8.78 Å². The van der Waals surface area contributed by atoms with E-state index in [0.29, 0.717) is 46.0 Å². The van der Waals surface area contributed by atoms with Crippen molar-refractivity contribution in [3.63, 3.8) is 0 Å². The van der Waals surface area contributed by atoms with Crippen LogP contribution >= 0.6 is 11.3 Å². The van der Waals surface area contributed by atoms with Gasteiger partial charge in [0.25, 0.3) is 11.5 Å². The number of anilines is 2. The average molecular weight is 467 g/mol. The standard InChI is InChI=1S/C24H20F2N4O2S/c25-14-6-8-19(18(26)12-14)28-21-17-7-9-20(31)30(16-4-2-1-3-5-16)24(17)33-22(21)23(32)29-11-10-15(27)13-29/h1-9,12,15,28H,10-11,13,27H2. The zero-order chi connectivity index (χ0) is 23.1. The lowest BCUT2D eigenvalue weighted by Gasteiger charge is -2.16. The van der Waals surface area contributed by atoms with Crippen LogP contribution in [0.3, 0.4) is 0 Å². The van der Waals surface area contributed by atoms with E-state index in [2.05, 4.69) is 5.32 Å². The Hall–Kier alpha value is -3.56. The molecule has 1 atom stereocenters. The maximum atomic E-state index is 14.5. The van der Waals surface area contributed by atoms with Gasteiger partial charge in [-0.1, -0.05) is 18.2 Å². The van der Waals surface area contributed by atoms with Crippen molar-refractivity contribution in [1.29, 1.82) is 0 Å². The van der Waals surface area contributed by atoms with Gasteiger partial charge in [0.15, 0.2) is 0 Å². The smallest absolute Gasteiger partial charge is 0.266 e. The molecule has 0 spiro atoms. The number of nitrogens with one attached hydrogen (secondary N) is 1. The highest BCUT2D eigenvalue weighted by Crippen LogP contribution is 2.39. The summed E-state index contributed by atoms with van der Waals surface area (Å²) in [7, 11) is 0. The topological polar surface area (TPSA) is 80.4 Å². The van der Waals surface area contributed by atoms with Crippen molar-refractivity contribution >= 4 is 38.8 Å². The van der Waals surface area contributed by atoms with Gasteiger partial charge in [-0.15, -0.1) is 11.3 Å². The van der Waals surface area contributed by atoms with Crippen molar-refractivity contribution in [2.75, 3.05) is 18.4 Å². The van der Waals surface area contributed by atoms with Crippen LogP contribution in [-0.4, -0.2) is 34.5 Å². The minimum Gasteiger partial charge on any atom is -0.351 e. The van der Waals surface area contributed by atoms with Gasteiger partial charge in [-0.2, -0.15) is 0 Å². The molecule has 1 fully saturated rings. The molecule has 5 rings (SSSR count). The normalized spacial score (nSPS) is 15.8. The van der Waals surface area contributed by atoms with E-state index in [1.54, 1.807) is 23.1 Å². The van der Waals surface area contributed by atoms with E-state index in [9.17, 15) is 18.4 Å². The van der Waals surface area contributed by atoms with Crippen molar-refractivity contribution in [3.05, 3.63) is 87.5 Å². The van der Waals surface area contributed by atoms with E-state index in [4.69, 9.17) is 5.73 Å². The molecule has 33 heavy (non-hydrogen) atoms. The maximum absolute atomic E-state index is 14.5. The highest BCUT2D eigenvalue weighted by atomic mass is 32.1. The molecule has 0 saturated carbocycles. The predicted molar refractivity (Wildman–Crippen MR) is 126 cm³/mol. The maximum Gasteiger partial charge on any atom is 0.266 e. The van der Waals surface area contributed by atoms with Crippen molar-refractivity contribution in [2.45, 2.75) is 12.5 Å². The number of hydrogen-bond donors (Lipinski definition) is 2. The molecule has 4 aromatic rings. The summed E-state index contributed by atoms with van der Waals surface area (Å²) in [6.07, 6.45) is 0.695. The fourth-order valence-corrected chi connectivity index (χ4v) is 5.26. The lowest BCUT2D eigenvalue weighted by atomic mass is 10.2. The van der Waals surface area contributed by atoms with E-state index >= 15 is 0 Å². The van der Waals surface area contributed by atoms with Crippen LogP contribution in [0.2, 0.25) is 0 Å². The van der Waals surface area contributed by atoms with Crippen molar-refractivity contribution in [3.8, 4) is 5.69 Å². The molecule has 3 N–H and O–H groups in total. The minimum atomic E-state index is -0.785. The Morgan fingerprint density at radius 2 is 1.88 bits per heavy atom. The number of thiophene rings is 1. The Kier molecular flexibility index (Phi) is 5.43. The van der Waals surface area contributed by atoms with E-state index in [1.165, 1.54) is 16.7 Å². The van der Waals surface area contributed by atoms with Gasteiger partial charge in [0.2, 0.25) is 0 Å². The number of nitrogens with zero attached hydrogens (tertiary/aromatic N) is 2. The van der Waals surface area contributed by atoms with E-state index in [-0.39, 0.29) is 23.2 Å². The first kappa shape index (κ1) is 21.3. The van der Waals surface area contributed by atoms with Crippen LogP contribution < -0.4 is 16.6 Å². The molecule has 1 aliphatic heterocycles. The molecule has 1 amide bonds. The van der Waals surface area contributed by atoms with Crippen molar-refractivity contribution in [2.24, 2.45) is 5.73 Å². The third-order valence-electron chi connectivity index (χ3n) is 5.65. The number of fused-ring (bicyclic) bond motifs is 1. The summed E-state index contributed by atoms with van der Waals surface area (Å²) >= 11 is 1.16. The first-order valence-corrected chi connectivity index (χ1v) is 11.2. The number of nitrogens with two attached hydrogens (primary N) is 1. The number of hydrogen-bond acceptors (Lipinski definition) is 5. The summed E-state index contributed by atoms with van der Waals surface area (Å²) in [6, 6.07) is 15.2. The molecule has 0 radical (unpaired) electrons. The van der Waals surface area contributed by atoms with Gasteiger partial charge in [-0.3, -0.25) is 14.2 Å². The largest absolute Gasteiger partial charge is 0.351 e. The van der Waals surface area contributed by atoms with Crippen molar-refractivity contribution < 1.29 is 13.6 Å². The van der Waals surface area contributed by atoms with Gasteiger partial charge >= 0.3 is 0 Å². The van der Waals surface area contributed by atoms with Crippen LogP contribution in [0.1, 0.15) is 16.1 Å². The van der Waals surface area contributed by atoms with Crippen LogP contribution in [0.15, 0.2) is 65.5 Å². The molecule has 1 aliphatic rings. The van der Waals surface area contributed by atoms with E-state index in [1.807, 2.05) is 18.2 Å². The van der Waals surface area contributed by atoms with Crippen LogP contribution in [-0.2, 0) is 0 Å². The Morgan fingerprint density at radius 1 is 1.09 bits per heavy atom. The second-order valence-electron chi connectivity index (χ2n) is 7.92. The van der Waals surface area contributed by atoms with Gasteiger partial charge in [0, 0.05) is 36.7 Å². The van der Waals surface area contributed by atoms with Gasteiger partial charge in [-0.05, 0) is 36.8 Å². The zero-order valence-electron chi connectivity index (χ0n) is 17.4. The first-order valence-electron chi connectivity index (χ1n) is 10.4. The highest BCUT2D eigenvalue weighted by Gasteiger charge is 2.29. The number of pyridine rings is 1. The van der Waals surface area contributed by atoms with E-state index < -0.39 is 11.6 Å². The molecule has 1 unspecified atom stereocenters. The molecule has 0 aliphatic carbocycles. The predicted octanol–water partition coefficient (Wildman–Crippen LogP) is 4.25. The summed E-state index contributed by atoms with van der Waals surface area (Å²) in [5.74, 6) is -1.73. The minimum absolute atomic E-state index is 0.0285. The molecule has 2 aromatic carbocycles. The highest BCUT2D eigenvalue weighted by molar-refractivity contribution is 7.21. The summed E-state index contributed by atoms with van der Waals surface area (Å²) in [4.78, 5) is 28.8. The van der Waals surface area contributed by atoms with Crippen LogP contribution in [0.5, 0.6) is 0 Å². The molecule has 1 saturated heterocycles. The molecule has 168 valence electrons. The second kappa shape index (κ2) is 8.42. The fraction of sp³-hybridized carbons (Fsp3) is 0.167. The molecule has 9 heteroatoms. The Balaban J connectivity index is 1.72. The van der Waals surface area contributed by atoms with Gasteiger partial charge in [0.05, 0.1) is 17.1 Å². The average Bonchev–Trinajstić information content (AvgIpc) is 3.39. The monoisotopic (exact) mass is 466 g/mol. The fourth-order valence-electron chi connectivity index (χ4n) is 4.02. The number of rotatable bonds is 4. The van der Waals surface area contributed by atoms with Crippen LogP contribution in [0.25, 0.3) is 15.9 Å². The van der Waals surface area contributed by atoms with Crippen LogP contribution in [0.4, 0.5) is 20.2 Å². The van der Waals surface area contributed by atoms with Gasteiger partial charge < -0.3 is 16.0 Å². The molecule has 6 nitrogen and oxygen atoms in total. The number of carbonyl (C=O) groups excluding carboxylic acids is 1. The van der Waals surface area contributed by atoms with E-state index in [0.717, 1.165) is 23.5 Å². The summed E-state index contributed by atoms with van der Waals surface area (Å²) in [6.45, 7) is 0.938. The summed E-state index contributed by atoms with van der Waals surface area (Å²) < 4.78 is 29.4. The Bertz CT molecular complexity index is 1420. The summed E-state index contributed by atoms with van der Waals surface area (Å²) in [5.41, 5.74) is 6.79. The third kappa shape index (κ3) is 3.90. The number of likely N-dealkylation sites (tertiary alicyclic amines) is 1. The quantitative estimate of drug-likeness (QED) is 0.471. The number of benzene rings is 2. The van der Waals surface area contributed by atoms with Crippen molar-refractivity contribution in [1.82, 2.24) is 9.47 Å². The molecule has 3 heterocycles. The Labute approximate surface area is 191 Å². The zero-order valence-corrected chi connectivity index (χ0v) is 18.2. The lowest BCUT2D eigenvalue weighted by molar-refractivity contribution is 0.0796. The SMILES string of the molecule is NC1CCN(C(=O)c2sc3c(ccc(=O)n3-c3ccccc3)c2Nc2ccc(F)cc2F)C1. The molecular formula is C24H20F2N4O2S. The molecule has 0 bridgehead atoms. The molecular weight excluding hydrogens is 446 g/mol. The number of para-hydroxylation sites is 1. The first-order chi connectivity index (χ1) is 15.9. The van der Waals surface area contributed by atoms with Gasteiger partial charge in [0.1, 0.15) is 21.3 Å². The number of aromatic nitrogens is 1. The second-order valence-corrected chi connectivity index (χ2v) is 8.92. The molecule has 2 aromatic heterocycles. The third-order valence-corrected chi connectivity index (χ3v) is 6.83. The number of carbonyl (C=O) groups is 1. The van der Waals surface area contributed by atoms with Crippen LogP contribution in [0, 0.1) is 11.6 Å².